The highest BCUT2D eigenvalue weighted by Crippen LogP contribution is 2.23. The average Bonchev–Trinajstić information content (AvgIpc) is 2.72. The second kappa shape index (κ2) is 10.8. The largest absolute Gasteiger partial charge is 0.478 e. The summed E-state index contributed by atoms with van der Waals surface area (Å²) >= 11 is 0. The van der Waals surface area contributed by atoms with Gasteiger partial charge in [0.25, 0.3) is 0 Å². The number of primary amides is 1. The van der Waals surface area contributed by atoms with Gasteiger partial charge in [0.15, 0.2) is 0 Å². The molecule has 150 valence electrons. The Balaban J connectivity index is 2.16. The summed E-state index contributed by atoms with van der Waals surface area (Å²) in [6, 6.07) is 13.0. The van der Waals surface area contributed by atoms with Crippen molar-refractivity contribution in [2.75, 3.05) is 0 Å². The van der Waals surface area contributed by atoms with Crippen LogP contribution in [0.25, 0.3) is 11.3 Å². The number of amides is 1. The highest BCUT2D eigenvalue weighted by molar-refractivity contribution is 5.88. The van der Waals surface area contributed by atoms with Crippen LogP contribution in [0.2, 0.25) is 0 Å². The lowest BCUT2D eigenvalue weighted by Crippen LogP contribution is -2.26. The first-order valence-corrected chi connectivity index (χ1v) is 9.62. The van der Waals surface area contributed by atoms with Crippen molar-refractivity contribution >= 4 is 11.9 Å². The van der Waals surface area contributed by atoms with Crippen molar-refractivity contribution in [3.63, 3.8) is 0 Å². The fourth-order valence-corrected chi connectivity index (χ4v) is 3.07. The molecule has 2 aromatic rings. The van der Waals surface area contributed by atoms with Crippen LogP contribution in [0.15, 0.2) is 54.2 Å². The van der Waals surface area contributed by atoms with Gasteiger partial charge in [0.05, 0.1) is 17.3 Å². The number of hydrogen-bond acceptors (Lipinski definition) is 4. The van der Waals surface area contributed by atoms with Crippen molar-refractivity contribution in [2.45, 2.75) is 39.0 Å². The van der Waals surface area contributed by atoms with Gasteiger partial charge < -0.3 is 10.8 Å². The van der Waals surface area contributed by atoms with Crippen molar-refractivity contribution in [1.29, 1.82) is 5.26 Å². The normalized spacial score (nSPS) is 12.2. The van der Waals surface area contributed by atoms with Gasteiger partial charge in [-0.1, -0.05) is 50.1 Å². The number of benzene rings is 1. The molecule has 0 fully saturated rings. The number of pyridine rings is 1. The number of allylic oxidation sites excluding steroid dienone is 1. The van der Waals surface area contributed by atoms with Gasteiger partial charge >= 0.3 is 5.97 Å². The van der Waals surface area contributed by atoms with Crippen molar-refractivity contribution in [3.05, 3.63) is 65.4 Å². The second-order valence-electron chi connectivity index (χ2n) is 6.89. The zero-order chi connectivity index (χ0) is 21.2. The van der Waals surface area contributed by atoms with Gasteiger partial charge in [-0.2, -0.15) is 5.26 Å². The van der Waals surface area contributed by atoms with Crippen LogP contribution in [0.1, 0.15) is 43.7 Å². The number of nitrogens with two attached hydrogens (primary N) is 1. The minimum atomic E-state index is -1.02. The van der Waals surface area contributed by atoms with E-state index in [0.29, 0.717) is 24.1 Å². The van der Waals surface area contributed by atoms with Gasteiger partial charge in [-0.15, -0.1) is 0 Å². The van der Waals surface area contributed by atoms with E-state index in [2.05, 4.69) is 11.1 Å². The van der Waals surface area contributed by atoms with Gasteiger partial charge in [-0.25, -0.2) is 4.79 Å². The SMILES string of the molecule is CCCC/C=C(/CC(Cc1ccc(-c2ccccc2C#N)nc1)C(N)=O)C(=O)O. The molecular weight excluding hydrogens is 366 g/mol. The molecule has 1 aromatic carbocycles. The third-order valence-electron chi connectivity index (χ3n) is 4.72. The summed E-state index contributed by atoms with van der Waals surface area (Å²) in [5, 5.41) is 18.7. The van der Waals surface area contributed by atoms with Crippen LogP contribution in [0.4, 0.5) is 0 Å². The van der Waals surface area contributed by atoms with Gasteiger partial charge in [0.1, 0.15) is 0 Å². The molecule has 29 heavy (non-hydrogen) atoms. The van der Waals surface area contributed by atoms with E-state index in [9.17, 15) is 20.0 Å². The molecule has 0 saturated heterocycles. The van der Waals surface area contributed by atoms with Crippen LogP contribution in [0.3, 0.4) is 0 Å². The predicted molar refractivity (Wildman–Crippen MR) is 111 cm³/mol. The Labute approximate surface area is 170 Å². The number of carboxylic acid groups (broad SMARTS) is 1. The van der Waals surface area contributed by atoms with Crippen molar-refractivity contribution in [1.82, 2.24) is 4.98 Å². The number of rotatable bonds is 10. The first-order chi connectivity index (χ1) is 14.0. The number of carbonyl (C=O) groups is 2. The smallest absolute Gasteiger partial charge is 0.331 e. The van der Waals surface area contributed by atoms with Crippen LogP contribution >= 0.6 is 0 Å². The summed E-state index contributed by atoms with van der Waals surface area (Å²) in [6.45, 7) is 2.03. The van der Waals surface area contributed by atoms with Crippen molar-refractivity contribution in [3.8, 4) is 17.3 Å². The molecule has 6 heteroatoms. The van der Waals surface area contributed by atoms with Crippen LogP contribution in [-0.4, -0.2) is 22.0 Å². The zero-order valence-electron chi connectivity index (χ0n) is 16.5. The number of aromatic nitrogens is 1. The Morgan fingerprint density at radius 2 is 2.03 bits per heavy atom. The molecule has 3 N–H and O–H groups in total. The van der Waals surface area contributed by atoms with E-state index in [-0.39, 0.29) is 12.0 Å². The Bertz CT molecular complexity index is 927. The highest BCUT2D eigenvalue weighted by Gasteiger charge is 2.21. The average molecular weight is 391 g/mol. The monoisotopic (exact) mass is 391 g/mol. The zero-order valence-corrected chi connectivity index (χ0v) is 16.5. The molecule has 2 rings (SSSR count). The van der Waals surface area contributed by atoms with Crippen LogP contribution in [0.5, 0.6) is 0 Å². The molecule has 0 aliphatic rings. The van der Waals surface area contributed by atoms with Crippen LogP contribution in [-0.2, 0) is 16.0 Å². The van der Waals surface area contributed by atoms with Crippen molar-refractivity contribution < 1.29 is 14.7 Å². The van der Waals surface area contributed by atoms with E-state index in [1.54, 1.807) is 30.5 Å². The number of carboxylic acids is 1. The maximum Gasteiger partial charge on any atom is 0.331 e. The lowest BCUT2D eigenvalue weighted by molar-refractivity contribution is -0.133. The van der Waals surface area contributed by atoms with Crippen LogP contribution < -0.4 is 5.73 Å². The molecule has 6 nitrogen and oxygen atoms in total. The molecular formula is C23H25N3O3. The highest BCUT2D eigenvalue weighted by atomic mass is 16.4. The molecule has 1 amide bonds. The summed E-state index contributed by atoms with van der Waals surface area (Å²) in [5.74, 6) is -2.18. The summed E-state index contributed by atoms with van der Waals surface area (Å²) < 4.78 is 0. The molecule has 1 atom stereocenters. The molecule has 1 heterocycles. The first kappa shape index (κ1) is 21.8. The van der Waals surface area contributed by atoms with E-state index in [4.69, 9.17) is 5.73 Å². The minimum Gasteiger partial charge on any atom is -0.478 e. The molecule has 0 aliphatic carbocycles. The Morgan fingerprint density at radius 1 is 1.28 bits per heavy atom. The van der Waals surface area contributed by atoms with Crippen molar-refractivity contribution in [2.24, 2.45) is 11.7 Å². The van der Waals surface area contributed by atoms with Gasteiger partial charge in [0.2, 0.25) is 5.91 Å². The van der Waals surface area contributed by atoms with E-state index in [0.717, 1.165) is 24.0 Å². The van der Waals surface area contributed by atoms with Gasteiger partial charge in [-0.05, 0) is 37.0 Å². The first-order valence-electron chi connectivity index (χ1n) is 9.62. The van der Waals surface area contributed by atoms with E-state index >= 15 is 0 Å². The molecule has 0 radical (unpaired) electrons. The third kappa shape index (κ3) is 6.28. The number of nitriles is 1. The lowest BCUT2D eigenvalue weighted by atomic mass is 9.91. The van der Waals surface area contributed by atoms with Gasteiger partial charge in [0, 0.05) is 23.3 Å². The standard InChI is InChI=1S/C23H25N3O3/c1-2-3-4-7-17(23(28)29)13-19(22(25)27)12-16-10-11-21(26-15-16)20-9-6-5-8-18(20)14-24/h5-11,15,19H,2-4,12-13H2,1H3,(H2,25,27)(H,28,29)/b17-7-. The molecule has 1 aromatic heterocycles. The molecule has 0 spiro atoms. The number of carbonyl (C=O) groups excluding carboxylic acids is 1. The minimum absolute atomic E-state index is 0.0907. The summed E-state index contributed by atoms with van der Waals surface area (Å²) in [5.41, 5.74) is 8.46. The molecule has 1 unspecified atom stereocenters. The molecule has 0 aliphatic heterocycles. The van der Waals surface area contributed by atoms with Crippen LogP contribution in [0, 0.1) is 17.2 Å². The fourth-order valence-electron chi connectivity index (χ4n) is 3.07. The second-order valence-corrected chi connectivity index (χ2v) is 6.89. The van der Waals surface area contributed by atoms with E-state index in [1.165, 1.54) is 0 Å². The Morgan fingerprint density at radius 3 is 2.62 bits per heavy atom. The maximum atomic E-state index is 11.9. The number of hydrogen-bond donors (Lipinski definition) is 2. The molecule has 0 bridgehead atoms. The summed E-state index contributed by atoms with van der Waals surface area (Å²) in [7, 11) is 0. The molecule has 0 saturated carbocycles. The predicted octanol–water partition coefficient (Wildman–Crippen LogP) is 3.86. The number of nitrogens with zero attached hydrogens (tertiary/aromatic N) is 2. The lowest BCUT2D eigenvalue weighted by Gasteiger charge is -2.14. The maximum absolute atomic E-state index is 11.9. The Hall–Kier alpha value is -3.46. The van der Waals surface area contributed by atoms with E-state index in [1.807, 2.05) is 25.1 Å². The fraction of sp³-hybridized carbons (Fsp3) is 0.304. The third-order valence-corrected chi connectivity index (χ3v) is 4.72. The quantitative estimate of drug-likeness (QED) is 0.471. The summed E-state index contributed by atoms with van der Waals surface area (Å²) in [4.78, 5) is 27.8. The number of aliphatic carboxylic acids is 1. The topological polar surface area (TPSA) is 117 Å². The van der Waals surface area contributed by atoms with E-state index < -0.39 is 17.8 Å². The van der Waals surface area contributed by atoms with Gasteiger partial charge in [-0.3, -0.25) is 9.78 Å². The summed E-state index contributed by atoms with van der Waals surface area (Å²) in [6.07, 6.45) is 6.25. The number of unbranched alkanes of at least 4 members (excludes halogenated alkanes) is 2. The Kier molecular flexibility index (Phi) is 8.11.